The lowest BCUT2D eigenvalue weighted by Gasteiger charge is -2.14. The number of hydrogen-bond acceptors (Lipinski definition) is 4. The SMILES string of the molecule is O=C(NCc1cc(Cl)c2c(c1)OCCCO2)Nc1ccccc1OC(F)F. The van der Waals surface area contributed by atoms with Gasteiger partial charge in [-0.3, -0.25) is 0 Å². The van der Waals surface area contributed by atoms with Crippen LogP contribution in [0.25, 0.3) is 0 Å². The van der Waals surface area contributed by atoms with Crippen LogP contribution in [0, 0.1) is 0 Å². The molecule has 9 heteroatoms. The van der Waals surface area contributed by atoms with Gasteiger partial charge in [0.05, 0.1) is 23.9 Å². The first-order chi connectivity index (χ1) is 13.0. The first kappa shape index (κ1) is 19.0. The van der Waals surface area contributed by atoms with Crippen LogP contribution in [-0.4, -0.2) is 25.9 Å². The fourth-order valence-corrected chi connectivity index (χ4v) is 2.79. The standard InChI is InChI=1S/C18H17ClF2N2O4/c19-12-8-11(9-15-16(12)26-7-3-6-25-15)10-22-18(24)23-13-4-1-2-5-14(13)27-17(20)21/h1-2,4-5,8-9,17H,3,6-7,10H2,(H2,22,23,24). The van der Waals surface area contributed by atoms with Crippen LogP contribution < -0.4 is 24.8 Å². The number of benzene rings is 2. The summed E-state index contributed by atoms with van der Waals surface area (Å²) in [5.41, 5.74) is 0.837. The third-order valence-electron chi connectivity index (χ3n) is 3.67. The normalized spacial score (nSPS) is 13.0. The number of fused-ring (bicyclic) bond motifs is 1. The number of hydrogen-bond donors (Lipinski definition) is 2. The van der Waals surface area contributed by atoms with E-state index in [4.69, 9.17) is 21.1 Å². The van der Waals surface area contributed by atoms with Crippen LogP contribution in [0.5, 0.6) is 17.2 Å². The fourth-order valence-electron chi connectivity index (χ4n) is 2.50. The number of ether oxygens (including phenoxy) is 3. The molecule has 0 saturated heterocycles. The lowest BCUT2D eigenvalue weighted by Crippen LogP contribution is -2.28. The van der Waals surface area contributed by atoms with E-state index in [1.165, 1.54) is 18.2 Å². The van der Waals surface area contributed by atoms with Gasteiger partial charge >= 0.3 is 12.6 Å². The molecule has 3 rings (SSSR count). The zero-order valence-corrected chi connectivity index (χ0v) is 14.9. The highest BCUT2D eigenvalue weighted by atomic mass is 35.5. The first-order valence-electron chi connectivity index (χ1n) is 8.19. The van der Waals surface area contributed by atoms with E-state index in [0.717, 1.165) is 6.42 Å². The zero-order chi connectivity index (χ0) is 19.2. The van der Waals surface area contributed by atoms with Gasteiger partial charge in [-0.2, -0.15) is 8.78 Å². The van der Waals surface area contributed by atoms with E-state index in [-0.39, 0.29) is 18.0 Å². The second-order valence-corrected chi connectivity index (χ2v) is 6.04. The number of carbonyl (C=O) groups excluding carboxylic acids is 1. The van der Waals surface area contributed by atoms with Gasteiger partial charge in [0, 0.05) is 13.0 Å². The molecule has 6 nitrogen and oxygen atoms in total. The molecule has 0 unspecified atom stereocenters. The van der Waals surface area contributed by atoms with Crippen LogP contribution in [0.4, 0.5) is 19.3 Å². The molecule has 0 aromatic heterocycles. The number of carbonyl (C=O) groups is 1. The average molecular weight is 399 g/mol. The van der Waals surface area contributed by atoms with Crippen molar-refractivity contribution in [1.29, 1.82) is 0 Å². The first-order valence-corrected chi connectivity index (χ1v) is 8.57. The second kappa shape index (κ2) is 8.77. The van der Waals surface area contributed by atoms with E-state index in [1.807, 2.05) is 0 Å². The molecule has 2 amide bonds. The second-order valence-electron chi connectivity index (χ2n) is 5.64. The van der Waals surface area contributed by atoms with Crippen molar-refractivity contribution < 1.29 is 27.8 Å². The summed E-state index contributed by atoms with van der Waals surface area (Å²) in [5.74, 6) is 0.884. The minimum Gasteiger partial charge on any atom is -0.489 e. The molecule has 2 aromatic carbocycles. The number of rotatable bonds is 5. The largest absolute Gasteiger partial charge is 0.489 e. The summed E-state index contributed by atoms with van der Waals surface area (Å²) in [7, 11) is 0. The zero-order valence-electron chi connectivity index (χ0n) is 14.1. The topological polar surface area (TPSA) is 68.8 Å². The predicted octanol–water partition coefficient (Wildman–Crippen LogP) is 4.42. The van der Waals surface area contributed by atoms with Crippen molar-refractivity contribution in [3.63, 3.8) is 0 Å². The van der Waals surface area contributed by atoms with Crippen LogP contribution in [0.1, 0.15) is 12.0 Å². The molecule has 0 spiro atoms. The minimum atomic E-state index is -2.99. The Labute approximate surface area is 159 Å². The molecule has 0 saturated carbocycles. The molecule has 0 aliphatic carbocycles. The summed E-state index contributed by atoms with van der Waals surface area (Å²) in [4.78, 5) is 12.1. The molecule has 27 heavy (non-hydrogen) atoms. The molecular formula is C18H17ClF2N2O4. The predicted molar refractivity (Wildman–Crippen MR) is 96.0 cm³/mol. The van der Waals surface area contributed by atoms with Gasteiger partial charge < -0.3 is 24.8 Å². The maximum Gasteiger partial charge on any atom is 0.387 e. The van der Waals surface area contributed by atoms with Gasteiger partial charge in [-0.1, -0.05) is 23.7 Å². The Morgan fingerprint density at radius 1 is 1.22 bits per heavy atom. The van der Waals surface area contributed by atoms with E-state index in [1.54, 1.807) is 18.2 Å². The molecule has 0 atom stereocenters. The monoisotopic (exact) mass is 398 g/mol. The Bertz CT molecular complexity index is 820. The minimum absolute atomic E-state index is 0.124. The molecule has 144 valence electrons. The Hall–Kier alpha value is -2.74. The Morgan fingerprint density at radius 3 is 2.81 bits per heavy atom. The number of urea groups is 1. The number of para-hydroxylation sites is 2. The van der Waals surface area contributed by atoms with Crippen molar-refractivity contribution >= 4 is 23.3 Å². The van der Waals surface area contributed by atoms with Crippen molar-refractivity contribution in [2.24, 2.45) is 0 Å². The van der Waals surface area contributed by atoms with Gasteiger partial charge in [0.1, 0.15) is 5.75 Å². The lowest BCUT2D eigenvalue weighted by molar-refractivity contribution is -0.0493. The highest BCUT2D eigenvalue weighted by Crippen LogP contribution is 2.38. The quantitative estimate of drug-likeness (QED) is 0.782. The number of alkyl halides is 2. The van der Waals surface area contributed by atoms with E-state index < -0.39 is 12.6 Å². The van der Waals surface area contributed by atoms with Crippen LogP contribution >= 0.6 is 11.6 Å². The van der Waals surface area contributed by atoms with Crippen molar-refractivity contribution in [2.75, 3.05) is 18.5 Å². The van der Waals surface area contributed by atoms with Crippen LogP contribution in [-0.2, 0) is 6.54 Å². The number of anilines is 1. The smallest absolute Gasteiger partial charge is 0.387 e. The molecule has 0 fully saturated rings. The Morgan fingerprint density at radius 2 is 2.00 bits per heavy atom. The molecular weight excluding hydrogens is 382 g/mol. The van der Waals surface area contributed by atoms with Gasteiger partial charge in [0.15, 0.2) is 11.5 Å². The van der Waals surface area contributed by atoms with Gasteiger partial charge in [-0.05, 0) is 29.8 Å². The van der Waals surface area contributed by atoms with Gasteiger partial charge in [-0.25, -0.2) is 4.79 Å². The van der Waals surface area contributed by atoms with E-state index >= 15 is 0 Å². The van der Waals surface area contributed by atoms with Crippen molar-refractivity contribution in [3.05, 3.63) is 47.0 Å². The summed E-state index contributed by atoms with van der Waals surface area (Å²) in [6.07, 6.45) is 0.751. The van der Waals surface area contributed by atoms with Crippen molar-refractivity contribution in [2.45, 2.75) is 19.6 Å². The molecule has 2 aromatic rings. The maximum absolute atomic E-state index is 12.4. The molecule has 0 bridgehead atoms. The Kier molecular flexibility index (Phi) is 6.18. The number of amides is 2. The summed E-state index contributed by atoms with van der Waals surface area (Å²) in [5, 5.41) is 5.50. The van der Waals surface area contributed by atoms with E-state index in [0.29, 0.717) is 35.3 Å². The Balaban J connectivity index is 1.63. The third-order valence-corrected chi connectivity index (χ3v) is 3.95. The highest BCUT2D eigenvalue weighted by Gasteiger charge is 2.16. The third kappa shape index (κ3) is 5.13. The number of nitrogens with one attached hydrogen (secondary N) is 2. The lowest BCUT2D eigenvalue weighted by atomic mass is 10.2. The van der Waals surface area contributed by atoms with Crippen molar-refractivity contribution in [1.82, 2.24) is 5.32 Å². The molecule has 1 aliphatic heterocycles. The number of halogens is 3. The summed E-state index contributed by atoms with van der Waals surface area (Å²) < 4.78 is 40.4. The van der Waals surface area contributed by atoms with Gasteiger partial charge in [0.25, 0.3) is 0 Å². The van der Waals surface area contributed by atoms with Crippen LogP contribution in [0.2, 0.25) is 5.02 Å². The molecule has 0 radical (unpaired) electrons. The van der Waals surface area contributed by atoms with E-state index in [9.17, 15) is 13.6 Å². The van der Waals surface area contributed by atoms with Crippen molar-refractivity contribution in [3.8, 4) is 17.2 Å². The molecule has 1 heterocycles. The summed E-state index contributed by atoms with van der Waals surface area (Å²) >= 11 is 6.21. The maximum atomic E-state index is 12.4. The fraction of sp³-hybridized carbons (Fsp3) is 0.278. The van der Waals surface area contributed by atoms with Gasteiger partial charge in [0.2, 0.25) is 0 Å². The average Bonchev–Trinajstić information content (AvgIpc) is 2.87. The van der Waals surface area contributed by atoms with Gasteiger partial charge in [-0.15, -0.1) is 0 Å². The van der Waals surface area contributed by atoms with E-state index in [2.05, 4.69) is 15.4 Å². The highest BCUT2D eigenvalue weighted by molar-refractivity contribution is 6.32. The molecule has 2 N–H and O–H groups in total. The van der Waals surface area contributed by atoms with Crippen LogP contribution in [0.3, 0.4) is 0 Å². The molecule has 1 aliphatic rings. The summed E-state index contributed by atoms with van der Waals surface area (Å²) in [6, 6.07) is 8.75. The summed E-state index contributed by atoms with van der Waals surface area (Å²) in [6.45, 7) is -1.80. The van der Waals surface area contributed by atoms with Crippen LogP contribution in [0.15, 0.2) is 36.4 Å².